The number of thioether (sulfide) groups is 2. The van der Waals surface area contributed by atoms with Crippen LogP contribution in [0.5, 0.6) is 5.75 Å². The standard InChI is InChI=1S/C25H29N3O2S2/c1-6-7-12-28-23(30)22(24-27(5)19-10-8-9-11-21(19)31-24)32-25(28)26-18-14-17(15(2)3)20(29)13-16(18)4/h8-11,13-15,29H,6-7,12H2,1-5H3/b24-22-,26-25?. The number of para-hydroxylation sites is 1. The maximum absolute atomic E-state index is 13.5. The fourth-order valence-corrected chi connectivity index (χ4v) is 6.18. The van der Waals surface area contributed by atoms with Crippen LogP contribution in [0.4, 0.5) is 11.4 Å². The lowest BCUT2D eigenvalue weighted by Crippen LogP contribution is -2.30. The van der Waals surface area contributed by atoms with Gasteiger partial charge in [0.15, 0.2) is 5.17 Å². The van der Waals surface area contributed by atoms with E-state index in [-0.39, 0.29) is 11.8 Å². The summed E-state index contributed by atoms with van der Waals surface area (Å²) >= 11 is 3.09. The van der Waals surface area contributed by atoms with Gasteiger partial charge in [-0.15, -0.1) is 0 Å². The Morgan fingerprint density at radius 3 is 2.59 bits per heavy atom. The second kappa shape index (κ2) is 9.24. The van der Waals surface area contributed by atoms with Gasteiger partial charge >= 0.3 is 0 Å². The molecule has 168 valence electrons. The highest BCUT2D eigenvalue weighted by Crippen LogP contribution is 2.50. The number of fused-ring (bicyclic) bond motifs is 1. The quantitative estimate of drug-likeness (QED) is 0.502. The number of carbonyl (C=O) groups excluding carboxylic acids is 1. The molecule has 32 heavy (non-hydrogen) atoms. The number of nitrogens with zero attached hydrogens (tertiary/aromatic N) is 3. The van der Waals surface area contributed by atoms with Crippen molar-refractivity contribution >= 4 is 46.0 Å². The molecule has 2 aromatic carbocycles. The van der Waals surface area contributed by atoms with Gasteiger partial charge in [0.2, 0.25) is 0 Å². The number of unbranched alkanes of at least 4 members (excludes halogenated alkanes) is 1. The van der Waals surface area contributed by atoms with Crippen molar-refractivity contribution in [1.82, 2.24) is 4.90 Å². The van der Waals surface area contributed by atoms with Gasteiger partial charge in [0, 0.05) is 18.5 Å². The molecule has 2 aromatic rings. The van der Waals surface area contributed by atoms with Gasteiger partial charge in [-0.2, -0.15) is 0 Å². The number of rotatable bonds is 5. The van der Waals surface area contributed by atoms with Crippen LogP contribution in [0, 0.1) is 6.92 Å². The van der Waals surface area contributed by atoms with Crippen molar-refractivity contribution < 1.29 is 9.90 Å². The molecule has 0 aliphatic carbocycles. The molecule has 0 aromatic heterocycles. The molecule has 4 rings (SSSR count). The number of amidine groups is 1. The summed E-state index contributed by atoms with van der Waals surface area (Å²) in [4.78, 5) is 24.2. The molecule has 2 aliphatic heterocycles. The lowest BCUT2D eigenvalue weighted by molar-refractivity contribution is -0.122. The summed E-state index contributed by atoms with van der Waals surface area (Å²) in [6.07, 6.45) is 1.92. The number of amides is 1. The molecular weight excluding hydrogens is 438 g/mol. The monoisotopic (exact) mass is 467 g/mol. The minimum atomic E-state index is 0.0184. The van der Waals surface area contributed by atoms with Crippen molar-refractivity contribution in [3.8, 4) is 5.75 Å². The van der Waals surface area contributed by atoms with Gasteiger partial charge in [-0.25, -0.2) is 4.99 Å². The van der Waals surface area contributed by atoms with Crippen molar-refractivity contribution in [1.29, 1.82) is 0 Å². The zero-order chi connectivity index (χ0) is 23.0. The number of hydrogen-bond donors (Lipinski definition) is 1. The highest BCUT2D eigenvalue weighted by atomic mass is 32.2. The zero-order valence-electron chi connectivity index (χ0n) is 19.2. The summed E-state index contributed by atoms with van der Waals surface area (Å²) in [5.74, 6) is 0.497. The Labute approximate surface area is 198 Å². The number of phenols is 1. The number of benzene rings is 2. The SMILES string of the molecule is CCCCN1C(=O)/C(=C2/Sc3ccccc3N2C)SC1=Nc1cc(C(C)C)c(O)cc1C. The number of anilines is 1. The van der Waals surface area contributed by atoms with Crippen LogP contribution in [0.25, 0.3) is 0 Å². The highest BCUT2D eigenvalue weighted by molar-refractivity contribution is 8.19. The average molecular weight is 468 g/mol. The van der Waals surface area contributed by atoms with Crippen LogP contribution in [-0.4, -0.2) is 34.7 Å². The van der Waals surface area contributed by atoms with E-state index in [1.165, 1.54) is 11.8 Å². The van der Waals surface area contributed by atoms with E-state index in [0.29, 0.717) is 17.5 Å². The van der Waals surface area contributed by atoms with E-state index < -0.39 is 0 Å². The molecule has 5 nitrogen and oxygen atoms in total. The third kappa shape index (κ3) is 4.16. The fourth-order valence-electron chi connectivity index (χ4n) is 3.82. The molecule has 1 saturated heterocycles. The van der Waals surface area contributed by atoms with Crippen molar-refractivity contribution in [2.75, 3.05) is 18.5 Å². The number of phenolic OH excluding ortho intramolecular Hbond substituents is 1. The minimum Gasteiger partial charge on any atom is -0.508 e. The number of aromatic hydroxyl groups is 1. The molecule has 0 atom stereocenters. The summed E-state index contributed by atoms with van der Waals surface area (Å²) in [7, 11) is 2.01. The van der Waals surface area contributed by atoms with Crippen molar-refractivity contribution in [2.24, 2.45) is 4.99 Å². The Kier molecular flexibility index (Phi) is 6.58. The molecule has 0 spiro atoms. The average Bonchev–Trinajstić information content (AvgIpc) is 3.25. The first-order chi connectivity index (χ1) is 15.3. The third-order valence-corrected chi connectivity index (χ3v) is 8.15. The Hall–Kier alpha value is -2.38. The molecule has 1 amide bonds. The molecular formula is C25H29N3O2S2. The molecule has 0 bridgehead atoms. The van der Waals surface area contributed by atoms with Gasteiger partial charge in [0.25, 0.3) is 5.91 Å². The van der Waals surface area contributed by atoms with Gasteiger partial charge in [-0.05, 0) is 66.4 Å². The second-order valence-corrected chi connectivity index (χ2v) is 10.4. The number of hydrogen-bond acceptors (Lipinski definition) is 6. The molecule has 0 saturated carbocycles. The maximum atomic E-state index is 13.5. The highest BCUT2D eigenvalue weighted by Gasteiger charge is 2.38. The normalized spacial score (nSPS) is 19.6. The van der Waals surface area contributed by atoms with Crippen molar-refractivity contribution in [3.63, 3.8) is 0 Å². The fraction of sp³-hybridized carbons (Fsp3) is 0.360. The van der Waals surface area contributed by atoms with E-state index in [1.54, 1.807) is 17.8 Å². The molecule has 1 fully saturated rings. The summed E-state index contributed by atoms with van der Waals surface area (Å²) in [5.41, 5.74) is 3.67. The molecule has 2 aliphatic rings. The summed E-state index contributed by atoms with van der Waals surface area (Å²) in [6.45, 7) is 8.82. The molecule has 0 radical (unpaired) electrons. The lowest BCUT2D eigenvalue weighted by Gasteiger charge is -2.17. The van der Waals surface area contributed by atoms with E-state index in [0.717, 1.165) is 50.2 Å². The van der Waals surface area contributed by atoms with Gasteiger partial charge in [-0.3, -0.25) is 9.69 Å². The maximum Gasteiger partial charge on any atom is 0.269 e. The number of aliphatic imine (C=N–C) groups is 1. The van der Waals surface area contributed by atoms with Crippen molar-refractivity contribution in [2.45, 2.75) is 51.3 Å². The number of carbonyl (C=O) groups is 1. The van der Waals surface area contributed by atoms with Crippen LogP contribution in [0.1, 0.15) is 50.7 Å². The second-order valence-electron chi connectivity index (χ2n) is 8.42. The van der Waals surface area contributed by atoms with Crippen LogP contribution in [0.15, 0.2) is 56.2 Å². The third-order valence-electron chi connectivity index (χ3n) is 5.71. The first kappa shape index (κ1) is 22.8. The van der Waals surface area contributed by atoms with Crippen LogP contribution < -0.4 is 4.90 Å². The Morgan fingerprint density at radius 1 is 1.16 bits per heavy atom. The molecule has 1 N–H and O–H groups in total. The smallest absolute Gasteiger partial charge is 0.269 e. The Bertz CT molecular complexity index is 1120. The van der Waals surface area contributed by atoms with Gasteiger partial charge < -0.3 is 10.0 Å². The van der Waals surface area contributed by atoms with Gasteiger partial charge in [0.05, 0.1) is 16.4 Å². The molecule has 2 heterocycles. The van der Waals surface area contributed by atoms with E-state index in [2.05, 4.69) is 37.8 Å². The topological polar surface area (TPSA) is 56.1 Å². The van der Waals surface area contributed by atoms with Crippen LogP contribution in [0.2, 0.25) is 0 Å². The Balaban J connectivity index is 1.76. The van der Waals surface area contributed by atoms with Crippen LogP contribution in [-0.2, 0) is 4.79 Å². The van der Waals surface area contributed by atoms with Gasteiger partial charge in [0.1, 0.15) is 10.7 Å². The predicted molar refractivity (Wildman–Crippen MR) is 136 cm³/mol. The zero-order valence-corrected chi connectivity index (χ0v) is 20.8. The summed E-state index contributed by atoms with van der Waals surface area (Å²) < 4.78 is 0. The Morgan fingerprint density at radius 2 is 1.91 bits per heavy atom. The molecule has 7 heteroatoms. The van der Waals surface area contributed by atoms with E-state index in [1.807, 2.05) is 37.1 Å². The number of aryl methyl sites for hydroxylation is 1. The van der Waals surface area contributed by atoms with E-state index >= 15 is 0 Å². The first-order valence-corrected chi connectivity index (χ1v) is 12.6. The summed E-state index contributed by atoms with van der Waals surface area (Å²) in [6, 6.07) is 11.9. The van der Waals surface area contributed by atoms with E-state index in [4.69, 9.17) is 4.99 Å². The molecule has 0 unspecified atom stereocenters. The van der Waals surface area contributed by atoms with Gasteiger partial charge in [-0.1, -0.05) is 51.1 Å². The van der Waals surface area contributed by atoms with Crippen LogP contribution in [0.3, 0.4) is 0 Å². The first-order valence-electron chi connectivity index (χ1n) is 11.0. The lowest BCUT2D eigenvalue weighted by atomic mass is 9.99. The summed E-state index contributed by atoms with van der Waals surface area (Å²) in [5, 5.41) is 12.0. The largest absolute Gasteiger partial charge is 0.508 e. The van der Waals surface area contributed by atoms with Crippen LogP contribution >= 0.6 is 23.5 Å². The minimum absolute atomic E-state index is 0.0184. The van der Waals surface area contributed by atoms with Crippen molar-refractivity contribution in [3.05, 3.63) is 57.5 Å². The van der Waals surface area contributed by atoms with E-state index in [9.17, 15) is 9.90 Å². The predicted octanol–water partition coefficient (Wildman–Crippen LogP) is 6.60.